The number of thioether (sulfide) groups is 1. The maximum Gasteiger partial charge on any atom is 0.338 e. The summed E-state index contributed by atoms with van der Waals surface area (Å²) >= 11 is 1.46. The predicted molar refractivity (Wildman–Crippen MR) is 116 cm³/mol. The van der Waals surface area contributed by atoms with Gasteiger partial charge in [-0.15, -0.1) is 0 Å². The van der Waals surface area contributed by atoms with E-state index in [1.807, 2.05) is 41.5 Å². The summed E-state index contributed by atoms with van der Waals surface area (Å²) in [6.45, 7) is 3.87. The fourth-order valence-corrected chi connectivity index (χ4v) is 4.66. The number of nitrogens with one attached hydrogen (secondary N) is 1. The van der Waals surface area contributed by atoms with Gasteiger partial charge < -0.3 is 19.7 Å². The van der Waals surface area contributed by atoms with Crippen molar-refractivity contribution in [3.05, 3.63) is 52.2 Å². The number of hydrogen-bond acceptors (Lipinski definition) is 7. The van der Waals surface area contributed by atoms with Crippen molar-refractivity contribution in [2.75, 3.05) is 13.7 Å². The topological polar surface area (TPSA) is 80.2 Å². The summed E-state index contributed by atoms with van der Waals surface area (Å²) < 4.78 is 11.0. The molecule has 1 N–H and O–H groups in total. The minimum Gasteiger partial charge on any atom is -0.496 e. The first kappa shape index (κ1) is 20.5. The van der Waals surface area contributed by atoms with E-state index in [0.717, 1.165) is 29.3 Å². The van der Waals surface area contributed by atoms with E-state index in [1.165, 1.54) is 11.8 Å². The highest BCUT2D eigenvalue weighted by atomic mass is 32.2. The molecule has 1 atom stereocenters. The number of methoxy groups -OCH3 is 1. The molecule has 158 valence electrons. The van der Waals surface area contributed by atoms with Crippen LogP contribution in [0.3, 0.4) is 0 Å². The van der Waals surface area contributed by atoms with E-state index in [0.29, 0.717) is 23.1 Å². The first-order valence-electron chi connectivity index (χ1n) is 10.1. The number of carbonyl (C=O) groups excluding carboxylic acids is 2. The van der Waals surface area contributed by atoms with Gasteiger partial charge in [0.25, 0.3) is 0 Å². The highest BCUT2D eigenvalue weighted by Crippen LogP contribution is 2.46. The average Bonchev–Trinajstić information content (AvgIpc) is 3.46. The number of amides is 1. The molecule has 2 aliphatic heterocycles. The predicted octanol–water partition coefficient (Wildman–Crippen LogP) is 3.50. The Balaban J connectivity index is 1.75. The van der Waals surface area contributed by atoms with Gasteiger partial charge in [0.2, 0.25) is 5.91 Å². The summed E-state index contributed by atoms with van der Waals surface area (Å²) in [5.41, 5.74) is 2.70. The van der Waals surface area contributed by atoms with Gasteiger partial charge in [0.1, 0.15) is 5.75 Å². The van der Waals surface area contributed by atoms with Crippen molar-refractivity contribution in [3.63, 3.8) is 0 Å². The lowest BCUT2D eigenvalue weighted by atomic mass is 9.93. The van der Waals surface area contributed by atoms with Gasteiger partial charge in [0.05, 0.1) is 37.4 Å². The standard InChI is InChI=1S/C22H25N3O4S/c1-4-29-21(27)19-13(2)23-22-25(20(19)16-7-5-6-8-17(16)28-3)15(12-30-22)11-18(26)24-14-9-10-14/h5-8,12,14,20H,4,9-11H2,1-3H3,(H,24,26)/t20-/m0/s1. The van der Waals surface area contributed by atoms with E-state index in [1.54, 1.807) is 14.0 Å². The van der Waals surface area contributed by atoms with E-state index in [2.05, 4.69) is 10.3 Å². The molecule has 1 aromatic rings. The zero-order valence-corrected chi connectivity index (χ0v) is 18.1. The molecular formula is C22H25N3O4S. The van der Waals surface area contributed by atoms with Crippen LogP contribution < -0.4 is 10.1 Å². The molecule has 1 saturated carbocycles. The maximum atomic E-state index is 12.9. The Morgan fingerprint density at radius 2 is 2.07 bits per heavy atom. The van der Waals surface area contributed by atoms with Crippen LogP contribution in [0.15, 0.2) is 51.6 Å². The molecule has 0 spiro atoms. The number of nitrogens with zero attached hydrogens (tertiary/aromatic N) is 2. The number of ether oxygens (including phenoxy) is 2. The largest absolute Gasteiger partial charge is 0.496 e. The molecule has 4 rings (SSSR count). The quantitative estimate of drug-likeness (QED) is 0.671. The SMILES string of the molecule is CCOC(=O)C1=C(C)N=C2SC=C(CC(=O)NC3CC3)N2[C@H]1c1ccccc1OC. The lowest BCUT2D eigenvalue weighted by molar-refractivity contribution is -0.139. The monoisotopic (exact) mass is 427 g/mol. The number of carbonyl (C=O) groups is 2. The third kappa shape index (κ3) is 3.96. The van der Waals surface area contributed by atoms with Gasteiger partial charge >= 0.3 is 5.97 Å². The van der Waals surface area contributed by atoms with Crippen LogP contribution in [0.5, 0.6) is 5.75 Å². The highest BCUT2D eigenvalue weighted by Gasteiger charge is 2.42. The average molecular weight is 428 g/mol. The van der Waals surface area contributed by atoms with Gasteiger partial charge in [0.15, 0.2) is 5.17 Å². The molecule has 0 unspecified atom stereocenters. The van der Waals surface area contributed by atoms with Crippen LogP contribution in [-0.4, -0.2) is 41.7 Å². The minimum atomic E-state index is -0.484. The molecule has 2 heterocycles. The first-order valence-corrected chi connectivity index (χ1v) is 10.9. The number of fused-ring (bicyclic) bond motifs is 1. The second kappa shape index (κ2) is 8.55. The summed E-state index contributed by atoms with van der Waals surface area (Å²) in [6, 6.07) is 7.41. The lowest BCUT2D eigenvalue weighted by Gasteiger charge is -2.36. The zero-order chi connectivity index (χ0) is 21.3. The Hall–Kier alpha value is -2.74. The number of para-hydroxylation sites is 1. The molecule has 0 radical (unpaired) electrons. The van der Waals surface area contributed by atoms with E-state index < -0.39 is 12.0 Å². The summed E-state index contributed by atoms with van der Waals surface area (Å²) in [6.07, 6.45) is 2.30. The lowest BCUT2D eigenvalue weighted by Crippen LogP contribution is -2.38. The van der Waals surface area contributed by atoms with Gasteiger partial charge in [-0.25, -0.2) is 9.79 Å². The number of aliphatic imine (C=N–C) groups is 1. The Morgan fingerprint density at radius 3 is 2.77 bits per heavy atom. The first-order chi connectivity index (χ1) is 14.5. The molecule has 1 aliphatic carbocycles. The second-order valence-corrected chi connectivity index (χ2v) is 8.21. The molecule has 0 saturated heterocycles. The number of esters is 1. The van der Waals surface area contributed by atoms with Crippen molar-refractivity contribution in [1.29, 1.82) is 0 Å². The summed E-state index contributed by atoms with van der Waals surface area (Å²) in [7, 11) is 1.61. The van der Waals surface area contributed by atoms with Crippen LogP contribution in [0.4, 0.5) is 0 Å². The highest BCUT2D eigenvalue weighted by molar-refractivity contribution is 8.16. The third-order valence-electron chi connectivity index (χ3n) is 5.21. The summed E-state index contributed by atoms with van der Waals surface area (Å²) in [5.74, 6) is 0.234. The smallest absolute Gasteiger partial charge is 0.338 e. The molecular weight excluding hydrogens is 402 g/mol. The van der Waals surface area contributed by atoms with E-state index in [4.69, 9.17) is 9.47 Å². The van der Waals surface area contributed by atoms with Crippen molar-refractivity contribution in [3.8, 4) is 5.75 Å². The van der Waals surface area contributed by atoms with Crippen molar-refractivity contribution < 1.29 is 19.1 Å². The Bertz CT molecular complexity index is 965. The van der Waals surface area contributed by atoms with E-state index in [-0.39, 0.29) is 18.9 Å². The molecule has 0 aromatic heterocycles. The molecule has 3 aliphatic rings. The van der Waals surface area contributed by atoms with Crippen LogP contribution >= 0.6 is 11.8 Å². The van der Waals surface area contributed by atoms with Gasteiger partial charge in [-0.3, -0.25) is 4.79 Å². The Kier molecular flexibility index (Phi) is 5.85. The van der Waals surface area contributed by atoms with Gasteiger partial charge in [0, 0.05) is 17.3 Å². The molecule has 7 nitrogen and oxygen atoms in total. The number of hydrogen-bond donors (Lipinski definition) is 1. The van der Waals surface area contributed by atoms with E-state index in [9.17, 15) is 9.59 Å². The van der Waals surface area contributed by atoms with Crippen molar-refractivity contribution in [2.45, 2.75) is 45.2 Å². The zero-order valence-electron chi connectivity index (χ0n) is 17.3. The van der Waals surface area contributed by atoms with Crippen molar-refractivity contribution >= 4 is 28.8 Å². The molecule has 0 bridgehead atoms. The van der Waals surface area contributed by atoms with Gasteiger partial charge in [-0.2, -0.15) is 0 Å². The van der Waals surface area contributed by atoms with Crippen LogP contribution in [0.25, 0.3) is 0 Å². The normalized spacial score (nSPS) is 20.4. The fourth-order valence-electron chi connectivity index (χ4n) is 3.70. The number of allylic oxidation sites excluding steroid dienone is 1. The fraction of sp³-hybridized carbons (Fsp3) is 0.409. The number of rotatable bonds is 7. The Morgan fingerprint density at radius 1 is 1.30 bits per heavy atom. The maximum absolute atomic E-state index is 12.9. The van der Waals surface area contributed by atoms with Crippen molar-refractivity contribution in [1.82, 2.24) is 10.2 Å². The minimum absolute atomic E-state index is 0.0201. The molecule has 1 fully saturated rings. The van der Waals surface area contributed by atoms with E-state index >= 15 is 0 Å². The van der Waals surface area contributed by atoms with Crippen LogP contribution in [0.1, 0.15) is 44.7 Å². The van der Waals surface area contributed by atoms with Crippen LogP contribution in [0.2, 0.25) is 0 Å². The molecule has 1 amide bonds. The molecule has 30 heavy (non-hydrogen) atoms. The van der Waals surface area contributed by atoms with Gasteiger partial charge in [-0.05, 0) is 38.2 Å². The Labute approximate surface area is 180 Å². The molecule has 1 aromatic carbocycles. The summed E-state index contributed by atoms with van der Waals surface area (Å²) in [5, 5.41) is 5.71. The van der Waals surface area contributed by atoms with Crippen LogP contribution in [-0.2, 0) is 14.3 Å². The summed E-state index contributed by atoms with van der Waals surface area (Å²) in [4.78, 5) is 32.1. The van der Waals surface area contributed by atoms with Gasteiger partial charge in [-0.1, -0.05) is 30.0 Å². The third-order valence-corrected chi connectivity index (χ3v) is 6.10. The van der Waals surface area contributed by atoms with Crippen LogP contribution in [0, 0.1) is 0 Å². The number of amidine groups is 1. The van der Waals surface area contributed by atoms with Crippen molar-refractivity contribution in [2.24, 2.45) is 4.99 Å². The molecule has 8 heteroatoms. The number of benzene rings is 1. The second-order valence-electron chi connectivity index (χ2n) is 7.37.